The highest BCUT2D eigenvalue weighted by Crippen LogP contribution is 2.35. The van der Waals surface area contributed by atoms with Crippen LogP contribution in [0.25, 0.3) is 0 Å². The summed E-state index contributed by atoms with van der Waals surface area (Å²) in [6.45, 7) is 0. The van der Waals surface area contributed by atoms with E-state index in [0.717, 1.165) is 37.8 Å². The highest BCUT2D eigenvalue weighted by molar-refractivity contribution is 6.03. The van der Waals surface area contributed by atoms with Gasteiger partial charge in [-0.3, -0.25) is 9.69 Å². The van der Waals surface area contributed by atoms with Gasteiger partial charge in [-0.15, -0.1) is 0 Å². The zero-order valence-corrected chi connectivity index (χ0v) is 12.4. The van der Waals surface area contributed by atoms with Crippen LogP contribution in [0, 0.1) is 17.5 Å². The third-order valence-corrected chi connectivity index (χ3v) is 4.49. The Bertz CT molecular complexity index is 535. The number of Topliss-reactive ketones (excluding diaryl/α,β-unsaturated/α-hetero) is 1. The molecule has 0 radical (unpaired) electrons. The molecule has 21 heavy (non-hydrogen) atoms. The van der Waals surface area contributed by atoms with Crippen molar-refractivity contribution in [3.63, 3.8) is 0 Å². The summed E-state index contributed by atoms with van der Waals surface area (Å²) in [5.74, 6) is -4.69. The molecule has 116 valence electrons. The first-order valence-electron chi connectivity index (χ1n) is 7.26. The molecule has 1 aliphatic carbocycles. The maximum absolute atomic E-state index is 13.9. The maximum atomic E-state index is 13.9. The molecular formula is C16H20F3NO. The average Bonchev–Trinajstić information content (AvgIpc) is 2.71. The lowest BCUT2D eigenvalue weighted by Gasteiger charge is -2.38. The van der Waals surface area contributed by atoms with E-state index < -0.39 is 28.8 Å². The molecule has 1 aromatic rings. The van der Waals surface area contributed by atoms with Crippen molar-refractivity contribution in [1.29, 1.82) is 0 Å². The number of halogens is 3. The Morgan fingerprint density at radius 3 is 2.10 bits per heavy atom. The highest BCUT2D eigenvalue weighted by atomic mass is 19.2. The van der Waals surface area contributed by atoms with Gasteiger partial charge in [-0.25, -0.2) is 13.2 Å². The molecule has 1 aliphatic rings. The molecule has 0 aliphatic heterocycles. The van der Waals surface area contributed by atoms with Gasteiger partial charge in [0.25, 0.3) is 0 Å². The number of carbonyl (C=O) groups excluding carboxylic acids is 1. The van der Waals surface area contributed by atoms with E-state index in [-0.39, 0.29) is 5.56 Å². The van der Waals surface area contributed by atoms with Gasteiger partial charge in [-0.2, -0.15) is 0 Å². The van der Waals surface area contributed by atoms with Gasteiger partial charge >= 0.3 is 0 Å². The Balaban J connectivity index is 2.46. The van der Waals surface area contributed by atoms with Gasteiger partial charge in [0, 0.05) is 0 Å². The summed E-state index contributed by atoms with van der Waals surface area (Å²) < 4.78 is 40.4. The van der Waals surface area contributed by atoms with Gasteiger partial charge in [-0.1, -0.05) is 25.7 Å². The monoisotopic (exact) mass is 299 g/mol. The first-order chi connectivity index (χ1) is 9.90. The van der Waals surface area contributed by atoms with E-state index in [1.54, 1.807) is 19.0 Å². The van der Waals surface area contributed by atoms with Crippen molar-refractivity contribution < 1.29 is 18.0 Å². The molecule has 1 fully saturated rings. The van der Waals surface area contributed by atoms with Crippen LogP contribution in [0.5, 0.6) is 0 Å². The van der Waals surface area contributed by atoms with Crippen molar-refractivity contribution in [2.75, 3.05) is 14.1 Å². The van der Waals surface area contributed by atoms with Crippen LogP contribution >= 0.6 is 0 Å². The van der Waals surface area contributed by atoms with Crippen LogP contribution in [0.15, 0.2) is 12.1 Å². The third-order valence-electron chi connectivity index (χ3n) is 4.49. The molecule has 0 spiro atoms. The number of hydrogen-bond donors (Lipinski definition) is 0. The minimum absolute atomic E-state index is 0.357. The summed E-state index contributed by atoms with van der Waals surface area (Å²) >= 11 is 0. The fourth-order valence-corrected chi connectivity index (χ4v) is 3.14. The molecule has 0 unspecified atom stereocenters. The van der Waals surface area contributed by atoms with Crippen molar-refractivity contribution in [2.24, 2.45) is 0 Å². The minimum Gasteiger partial charge on any atom is -0.297 e. The van der Waals surface area contributed by atoms with Crippen molar-refractivity contribution in [1.82, 2.24) is 4.90 Å². The van der Waals surface area contributed by atoms with E-state index in [2.05, 4.69) is 0 Å². The fraction of sp³-hybridized carbons (Fsp3) is 0.562. The molecule has 0 N–H and O–H groups in total. The summed E-state index contributed by atoms with van der Waals surface area (Å²) in [4.78, 5) is 14.6. The average molecular weight is 299 g/mol. The summed E-state index contributed by atoms with van der Waals surface area (Å²) in [6, 6.07) is 1.86. The molecule has 0 amide bonds. The first-order valence-corrected chi connectivity index (χ1v) is 7.26. The van der Waals surface area contributed by atoms with E-state index in [1.807, 2.05) is 0 Å². The summed E-state index contributed by atoms with van der Waals surface area (Å²) in [7, 11) is 3.56. The summed E-state index contributed by atoms with van der Waals surface area (Å²) in [5.41, 5.74) is -1.19. The number of rotatable bonds is 3. The number of likely N-dealkylation sites (N-methyl/N-ethyl adjacent to an activating group) is 1. The molecule has 1 aromatic carbocycles. The lowest BCUT2D eigenvalue weighted by atomic mass is 9.81. The predicted molar refractivity (Wildman–Crippen MR) is 74.8 cm³/mol. The zero-order valence-electron chi connectivity index (χ0n) is 12.4. The maximum Gasteiger partial charge on any atom is 0.195 e. The van der Waals surface area contributed by atoms with Gasteiger partial charge in [0.2, 0.25) is 0 Å². The minimum atomic E-state index is -1.58. The second-order valence-corrected chi connectivity index (χ2v) is 5.89. The van der Waals surface area contributed by atoms with Crippen LogP contribution in [-0.4, -0.2) is 30.3 Å². The van der Waals surface area contributed by atoms with Crippen molar-refractivity contribution >= 4 is 5.78 Å². The Morgan fingerprint density at radius 2 is 1.57 bits per heavy atom. The fourth-order valence-electron chi connectivity index (χ4n) is 3.14. The van der Waals surface area contributed by atoms with Crippen LogP contribution in [0.3, 0.4) is 0 Å². The Hall–Kier alpha value is -1.36. The second-order valence-electron chi connectivity index (χ2n) is 5.89. The molecule has 0 aromatic heterocycles. The lowest BCUT2D eigenvalue weighted by Crippen LogP contribution is -2.51. The number of nitrogens with zero attached hydrogens (tertiary/aromatic N) is 1. The molecular weight excluding hydrogens is 279 g/mol. The van der Waals surface area contributed by atoms with Crippen molar-refractivity contribution in [3.8, 4) is 0 Å². The van der Waals surface area contributed by atoms with Crippen LogP contribution < -0.4 is 0 Å². The third kappa shape index (κ3) is 2.84. The topological polar surface area (TPSA) is 20.3 Å². The van der Waals surface area contributed by atoms with Gasteiger partial charge in [-0.05, 0) is 39.1 Å². The second kappa shape index (κ2) is 6.18. The molecule has 2 nitrogen and oxygen atoms in total. The van der Waals surface area contributed by atoms with E-state index in [9.17, 15) is 18.0 Å². The Kier molecular flexibility index (Phi) is 4.71. The van der Waals surface area contributed by atoms with Crippen LogP contribution in [-0.2, 0) is 0 Å². The SMILES string of the molecule is CN(C)C1(C(=O)c2ccc(F)c(F)c2F)CCCCCC1. The Morgan fingerprint density at radius 1 is 1.00 bits per heavy atom. The van der Waals surface area contributed by atoms with Crippen LogP contribution in [0.2, 0.25) is 0 Å². The summed E-state index contributed by atoms with van der Waals surface area (Å²) in [5, 5.41) is 0. The van der Waals surface area contributed by atoms with Gasteiger partial charge < -0.3 is 0 Å². The molecule has 2 rings (SSSR count). The van der Waals surface area contributed by atoms with Crippen molar-refractivity contribution in [3.05, 3.63) is 35.1 Å². The largest absolute Gasteiger partial charge is 0.297 e. The quantitative estimate of drug-likeness (QED) is 0.478. The molecule has 0 atom stereocenters. The molecule has 0 heterocycles. The predicted octanol–water partition coefficient (Wildman–Crippen LogP) is 3.94. The molecule has 0 bridgehead atoms. The van der Waals surface area contributed by atoms with Crippen LogP contribution in [0.1, 0.15) is 48.9 Å². The normalized spacial score (nSPS) is 18.6. The number of carbonyl (C=O) groups is 1. The molecule has 0 saturated heterocycles. The molecule has 1 saturated carbocycles. The smallest absolute Gasteiger partial charge is 0.195 e. The van der Waals surface area contributed by atoms with E-state index >= 15 is 0 Å². The van der Waals surface area contributed by atoms with Gasteiger partial charge in [0.15, 0.2) is 23.2 Å². The standard InChI is InChI=1S/C16H20F3NO/c1-20(2)16(9-5-3-4-6-10-16)15(21)11-7-8-12(17)14(19)13(11)18/h7-8H,3-6,9-10H2,1-2H3. The first kappa shape index (κ1) is 16.0. The number of ketones is 1. The summed E-state index contributed by atoms with van der Waals surface area (Å²) in [6.07, 6.45) is 5.02. The van der Waals surface area contributed by atoms with Gasteiger partial charge in [0.1, 0.15) is 0 Å². The number of benzene rings is 1. The highest BCUT2D eigenvalue weighted by Gasteiger charge is 2.42. The van der Waals surface area contributed by atoms with Gasteiger partial charge in [0.05, 0.1) is 11.1 Å². The zero-order chi connectivity index (χ0) is 15.6. The molecule has 5 heteroatoms. The van der Waals surface area contributed by atoms with Crippen molar-refractivity contribution in [2.45, 2.75) is 44.1 Å². The van der Waals surface area contributed by atoms with E-state index in [4.69, 9.17) is 0 Å². The number of hydrogen-bond acceptors (Lipinski definition) is 2. The van der Waals surface area contributed by atoms with E-state index in [1.165, 1.54) is 0 Å². The Labute approximate surface area is 122 Å². The van der Waals surface area contributed by atoms with E-state index in [0.29, 0.717) is 12.8 Å². The lowest BCUT2D eigenvalue weighted by molar-refractivity contribution is 0.0629. The van der Waals surface area contributed by atoms with Crippen LogP contribution in [0.4, 0.5) is 13.2 Å².